The fourth-order valence-electron chi connectivity index (χ4n) is 2.04. The molecule has 3 nitrogen and oxygen atoms in total. The van der Waals surface area contributed by atoms with E-state index >= 15 is 0 Å². The molecule has 0 amide bonds. The molecule has 0 aromatic carbocycles. The first-order chi connectivity index (χ1) is 7.71. The maximum absolute atomic E-state index is 4.49. The van der Waals surface area contributed by atoms with Crippen molar-refractivity contribution >= 4 is 0 Å². The zero-order valence-electron chi connectivity index (χ0n) is 11.1. The van der Waals surface area contributed by atoms with E-state index in [9.17, 15) is 0 Å². The van der Waals surface area contributed by atoms with Crippen LogP contribution in [-0.2, 0) is 13.0 Å². The molecule has 1 rings (SSSR count). The van der Waals surface area contributed by atoms with Gasteiger partial charge in [-0.25, -0.2) is 0 Å². The molecular weight excluding hydrogens is 198 g/mol. The topological polar surface area (TPSA) is 29.9 Å². The fourth-order valence-corrected chi connectivity index (χ4v) is 2.04. The molecule has 16 heavy (non-hydrogen) atoms. The number of hydrogen-bond donors (Lipinski definition) is 1. The van der Waals surface area contributed by atoms with Gasteiger partial charge in [-0.05, 0) is 45.3 Å². The Kier molecular flexibility index (Phi) is 5.53. The van der Waals surface area contributed by atoms with E-state index in [4.69, 9.17) is 0 Å². The molecule has 1 N–H and O–H groups in total. The summed E-state index contributed by atoms with van der Waals surface area (Å²) in [6, 6.07) is 2.22. The minimum absolute atomic E-state index is 0.723. The van der Waals surface area contributed by atoms with Crippen molar-refractivity contribution in [2.45, 2.75) is 47.1 Å². The highest BCUT2D eigenvalue weighted by Crippen LogP contribution is 2.13. The molecule has 1 aromatic rings. The van der Waals surface area contributed by atoms with Gasteiger partial charge in [0.05, 0.1) is 5.69 Å². The van der Waals surface area contributed by atoms with Crippen LogP contribution in [0.15, 0.2) is 6.07 Å². The van der Waals surface area contributed by atoms with Gasteiger partial charge in [-0.15, -0.1) is 0 Å². The summed E-state index contributed by atoms with van der Waals surface area (Å²) in [7, 11) is 0. The lowest BCUT2D eigenvalue weighted by molar-refractivity contribution is 0.449. The molecule has 1 heterocycles. The lowest BCUT2D eigenvalue weighted by Crippen LogP contribution is -2.24. The van der Waals surface area contributed by atoms with Gasteiger partial charge in [0.1, 0.15) is 0 Å². The second kappa shape index (κ2) is 6.69. The summed E-state index contributed by atoms with van der Waals surface area (Å²) in [5, 5.41) is 7.93. The van der Waals surface area contributed by atoms with E-state index in [0.717, 1.165) is 37.7 Å². The van der Waals surface area contributed by atoms with Crippen LogP contribution in [0, 0.1) is 12.8 Å². The highest BCUT2D eigenvalue weighted by atomic mass is 15.3. The molecule has 0 spiro atoms. The predicted molar refractivity (Wildman–Crippen MR) is 68.7 cm³/mol. The quantitative estimate of drug-likeness (QED) is 0.769. The van der Waals surface area contributed by atoms with Crippen LogP contribution in [0.5, 0.6) is 0 Å². The van der Waals surface area contributed by atoms with Crippen LogP contribution in [0.2, 0.25) is 0 Å². The van der Waals surface area contributed by atoms with E-state index in [0.29, 0.717) is 0 Å². The Morgan fingerprint density at radius 1 is 1.38 bits per heavy atom. The predicted octanol–water partition coefficient (Wildman–Crippen LogP) is 2.39. The van der Waals surface area contributed by atoms with Crippen molar-refractivity contribution < 1.29 is 0 Å². The van der Waals surface area contributed by atoms with Gasteiger partial charge in [0.2, 0.25) is 0 Å². The number of hydrogen-bond acceptors (Lipinski definition) is 2. The normalized spacial score (nSPS) is 13.0. The van der Waals surface area contributed by atoms with Crippen molar-refractivity contribution in [1.82, 2.24) is 15.1 Å². The third-order valence-electron chi connectivity index (χ3n) is 3.04. The Balaban J connectivity index is 2.61. The first-order valence-electron chi connectivity index (χ1n) is 6.45. The van der Waals surface area contributed by atoms with Gasteiger partial charge < -0.3 is 5.32 Å². The number of nitrogens with zero attached hydrogens (tertiary/aromatic N) is 2. The number of nitrogens with one attached hydrogen (secondary N) is 1. The molecule has 1 aromatic heterocycles. The third kappa shape index (κ3) is 3.63. The van der Waals surface area contributed by atoms with Crippen LogP contribution >= 0.6 is 0 Å². The van der Waals surface area contributed by atoms with Gasteiger partial charge in [0.25, 0.3) is 0 Å². The minimum Gasteiger partial charge on any atom is -0.317 e. The largest absolute Gasteiger partial charge is 0.317 e. The third-order valence-corrected chi connectivity index (χ3v) is 3.04. The minimum atomic E-state index is 0.723. The average Bonchev–Trinajstić information content (AvgIpc) is 2.64. The van der Waals surface area contributed by atoms with Gasteiger partial charge in [0, 0.05) is 12.2 Å². The van der Waals surface area contributed by atoms with Crippen LogP contribution in [0.4, 0.5) is 0 Å². The maximum atomic E-state index is 4.49. The molecule has 0 aliphatic rings. The van der Waals surface area contributed by atoms with E-state index in [-0.39, 0.29) is 0 Å². The molecule has 0 fully saturated rings. The highest BCUT2D eigenvalue weighted by Gasteiger charge is 2.11. The summed E-state index contributed by atoms with van der Waals surface area (Å²) in [5.74, 6) is 0.723. The van der Waals surface area contributed by atoms with Crippen LogP contribution in [-0.4, -0.2) is 22.9 Å². The molecular formula is C13H25N3. The summed E-state index contributed by atoms with van der Waals surface area (Å²) in [4.78, 5) is 0. The van der Waals surface area contributed by atoms with E-state index in [1.54, 1.807) is 0 Å². The van der Waals surface area contributed by atoms with E-state index in [2.05, 4.69) is 48.9 Å². The monoisotopic (exact) mass is 223 g/mol. The average molecular weight is 223 g/mol. The standard InChI is InChI=1S/C13H25N3/c1-5-12(10-14-6-2)9-13-8-11(4)15-16(13)7-3/h8,12,14H,5-7,9-10H2,1-4H3. The summed E-state index contributed by atoms with van der Waals surface area (Å²) < 4.78 is 2.13. The lowest BCUT2D eigenvalue weighted by Gasteiger charge is -2.15. The molecule has 3 heteroatoms. The first-order valence-corrected chi connectivity index (χ1v) is 6.45. The Bertz CT molecular complexity index is 304. The summed E-state index contributed by atoms with van der Waals surface area (Å²) in [6.45, 7) is 11.8. The smallest absolute Gasteiger partial charge is 0.0596 e. The van der Waals surface area contributed by atoms with Crippen molar-refractivity contribution in [3.05, 3.63) is 17.5 Å². The van der Waals surface area contributed by atoms with Gasteiger partial charge in [-0.3, -0.25) is 4.68 Å². The molecule has 92 valence electrons. The second-order valence-corrected chi connectivity index (χ2v) is 4.38. The van der Waals surface area contributed by atoms with Crippen LogP contribution < -0.4 is 5.32 Å². The second-order valence-electron chi connectivity index (χ2n) is 4.38. The molecule has 1 unspecified atom stereocenters. The van der Waals surface area contributed by atoms with Gasteiger partial charge >= 0.3 is 0 Å². The van der Waals surface area contributed by atoms with Crippen molar-refractivity contribution in [3.63, 3.8) is 0 Å². The zero-order valence-corrected chi connectivity index (χ0v) is 11.1. The van der Waals surface area contributed by atoms with Crippen molar-refractivity contribution in [2.24, 2.45) is 5.92 Å². The van der Waals surface area contributed by atoms with E-state index in [1.165, 1.54) is 12.1 Å². The maximum Gasteiger partial charge on any atom is 0.0596 e. The summed E-state index contributed by atoms with van der Waals surface area (Å²) in [5.41, 5.74) is 2.51. The van der Waals surface area contributed by atoms with Gasteiger partial charge in [-0.1, -0.05) is 20.3 Å². The highest BCUT2D eigenvalue weighted by molar-refractivity contribution is 5.09. The Labute approximate surface area is 99.2 Å². The lowest BCUT2D eigenvalue weighted by atomic mass is 10.00. The molecule has 0 radical (unpaired) electrons. The van der Waals surface area contributed by atoms with Gasteiger partial charge in [0.15, 0.2) is 0 Å². The Morgan fingerprint density at radius 3 is 2.69 bits per heavy atom. The zero-order chi connectivity index (χ0) is 12.0. The Morgan fingerprint density at radius 2 is 2.12 bits per heavy atom. The molecule has 0 aliphatic carbocycles. The summed E-state index contributed by atoms with van der Waals surface area (Å²) >= 11 is 0. The molecule has 0 aliphatic heterocycles. The molecule has 0 saturated carbocycles. The number of aromatic nitrogens is 2. The molecule has 0 saturated heterocycles. The van der Waals surface area contributed by atoms with Crippen LogP contribution in [0.3, 0.4) is 0 Å². The van der Waals surface area contributed by atoms with Crippen molar-refractivity contribution in [2.75, 3.05) is 13.1 Å². The Hall–Kier alpha value is -0.830. The fraction of sp³-hybridized carbons (Fsp3) is 0.769. The SMILES string of the molecule is CCNCC(CC)Cc1cc(C)nn1CC. The van der Waals surface area contributed by atoms with E-state index in [1.807, 2.05) is 0 Å². The van der Waals surface area contributed by atoms with Crippen LogP contribution in [0.25, 0.3) is 0 Å². The van der Waals surface area contributed by atoms with Crippen molar-refractivity contribution in [3.8, 4) is 0 Å². The van der Waals surface area contributed by atoms with Crippen LogP contribution in [0.1, 0.15) is 38.6 Å². The van der Waals surface area contributed by atoms with Crippen molar-refractivity contribution in [1.29, 1.82) is 0 Å². The molecule has 1 atom stereocenters. The summed E-state index contributed by atoms with van der Waals surface area (Å²) in [6.07, 6.45) is 2.36. The number of rotatable bonds is 7. The molecule has 0 bridgehead atoms. The van der Waals surface area contributed by atoms with E-state index < -0.39 is 0 Å². The number of aryl methyl sites for hydroxylation is 2. The van der Waals surface area contributed by atoms with Gasteiger partial charge in [-0.2, -0.15) is 5.10 Å². The first kappa shape index (κ1) is 13.2.